The van der Waals surface area contributed by atoms with Gasteiger partial charge in [-0.15, -0.1) is 5.53 Å². The Hall–Kier alpha value is -1.57. The molecule has 1 aromatic carbocycles. The molecule has 0 aliphatic carbocycles. The van der Waals surface area contributed by atoms with Crippen molar-refractivity contribution in [1.29, 1.82) is 0 Å². The average molecular weight is 299 g/mol. The van der Waals surface area contributed by atoms with Gasteiger partial charge in [-0.25, -0.2) is 0 Å². The van der Waals surface area contributed by atoms with Crippen LogP contribution in [0.1, 0.15) is 20.3 Å². The van der Waals surface area contributed by atoms with Crippen molar-refractivity contribution in [2.45, 2.75) is 20.3 Å². The standard InChI is InChI=1S/C12H17N3.CH4O3S/c1-3-9-14-11(2)10-15(13-14)12-7-5-4-6-8-12;1-5(2,3)4/h4-8,10,13H,3,9H2,1-2H3;1H3,(H,2,3,4). The SMILES string of the molecule is CCCN1NN(c2ccccc2)C=C1C.CS(=O)(=O)O. The molecule has 0 radical (unpaired) electrons. The van der Waals surface area contributed by atoms with Crippen LogP contribution in [-0.2, 0) is 10.1 Å². The molecule has 1 aromatic rings. The normalized spacial score (nSPS) is 14.7. The molecule has 0 aromatic heterocycles. The maximum Gasteiger partial charge on any atom is 0.261 e. The molecule has 0 fully saturated rings. The first-order valence-electron chi connectivity index (χ1n) is 6.30. The van der Waals surface area contributed by atoms with Crippen LogP contribution in [-0.4, -0.2) is 30.8 Å². The molecule has 0 atom stereocenters. The number of nitrogens with zero attached hydrogens (tertiary/aromatic N) is 2. The van der Waals surface area contributed by atoms with Gasteiger partial charge in [-0.05, 0) is 25.5 Å². The van der Waals surface area contributed by atoms with Crippen molar-refractivity contribution < 1.29 is 13.0 Å². The van der Waals surface area contributed by atoms with Gasteiger partial charge >= 0.3 is 0 Å². The van der Waals surface area contributed by atoms with Crippen LogP contribution < -0.4 is 10.5 Å². The van der Waals surface area contributed by atoms with E-state index < -0.39 is 10.1 Å². The van der Waals surface area contributed by atoms with Crippen LogP contribution in [0, 0.1) is 0 Å². The average Bonchev–Trinajstić information content (AvgIpc) is 2.71. The number of hydrogen-bond donors (Lipinski definition) is 2. The zero-order valence-corrected chi connectivity index (χ0v) is 12.8. The molecule has 2 N–H and O–H groups in total. The Morgan fingerprint density at radius 3 is 2.30 bits per heavy atom. The molecule has 1 heterocycles. The van der Waals surface area contributed by atoms with Crippen LogP contribution in [0.4, 0.5) is 5.69 Å². The lowest BCUT2D eigenvalue weighted by Gasteiger charge is -2.23. The van der Waals surface area contributed by atoms with E-state index in [0.29, 0.717) is 6.26 Å². The summed E-state index contributed by atoms with van der Waals surface area (Å²) < 4.78 is 25.9. The van der Waals surface area contributed by atoms with E-state index in [1.165, 1.54) is 5.70 Å². The van der Waals surface area contributed by atoms with Gasteiger partial charge in [0.1, 0.15) is 0 Å². The fourth-order valence-electron chi connectivity index (χ4n) is 1.67. The maximum absolute atomic E-state index is 9.19. The topological polar surface area (TPSA) is 72.9 Å². The Balaban J connectivity index is 0.000000347. The number of nitrogens with one attached hydrogen (secondary N) is 1. The Morgan fingerprint density at radius 2 is 1.80 bits per heavy atom. The highest BCUT2D eigenvalue weighted by Crippen LogP contribution is 2.18. The number of benzene rings is 1. The second-order valence-corrected chi connectivity index (χ2v) is 5.93. The lowest BCUT2D eigenvalue weighted by atomic mass is 10.3. The summed E-state index contributed by atoms with van der Waals surface area (Å²) in [6.45, 7) is 5.33. The predicted octanol–water partition coefficient (Wildman–Crippen LogP) is 2.00. The molecule has 0 saturated heterocycles. The first-order valence-corrected chi connectivity index (χ1v) is 8.15. The molecule has 0 bridgehead atoms. The van der Waals surface area contributed by atoms with Crippen LogP contribution in [0.2, 0.25) is 0 Å². The molecule has 6 nitrogen and oxygen atoms in total. The van der Waals surface area contributed by atoms with E-state index in [4.69, 9.17) is 4.55 Å². The summed E-state index contributed by atoms with van der Waals surface area (Å²) in [5.41, 5.74) is 5.75. The van der Waals surface area contributed by atoms with Crippen LogP contribution >= 0.6 is 0 Å². The summed E-state index contributed by atoms with van der Waals surface area (Å²) >= 11 is 0. The number of para-hydroxylation sites is 1. The van der Waals surface area contributed by atoms with Crippen LogP contribution in [0.15, 0.2) is 42.2 Å². The van der Waals surface area contributed by atoms with Gasteiger partial charge in [0.15, 0.2) is 0 Å². The van der Waals surface area contributed by atoms with Crippen molar-refractivity contribution in [3.8, 4) is 0 Å². The van der Waals surface area contributed by atoms with Gasteiger partial charge in [0.25, 0.3) is 10.1 Å². The molecule has 0 amide bonds. The summed E-state index contributed by atoms with van der Waals surface area (Å²) in [4.78, 5) is 0. The lowest BCUT2D eigenvalue weighted by molar-refractivity contribution is 0.273. The van der Waals surface area contributed by atoms with Crippen LogP contribution in [0.5, 0.6) is 0 Å². The second-order valence-electron chi connectivity index (χ2n) is 4.46. The van der Waals surface area contributed by atoms with Crippen molar-refractivity contribution in [1.82, 2.24) is 10.5 Å². The number of rotatable bonds is 3. The summed E-state index contributed by atoms with van der Waals surface area (Å²) in [5, 5.41) is 4.21. The minimum atomic E-state index is -3.67. The van der Waals surface area contributed by atoms with Gasteiger partial charge in [-0.3, -0.25) is 14.6 Å². The molecule has 1 aliphatic heterocycles. The van der Waals surface area contributed by atoms with Crippen molar-refractivity contribution in [2.24, 2.45) is 0 Å². The molecule has 20 heavy (non-hydrogen) atoms. The number of allylic oxidation sites excluding steroid dienone is 1. The molecular formula is C13H21N3O3S. The smallest absolute Gasteiger partial charge is 0.261 e. The monoisotopic (exact) mass is 299 g/mol. The van der Waals surface area contributed by atoms with Crippen molar-refractivity contribution in [3.63, 3.8) is 0 Å². The number of hydrogen-bond acceptors (Lipinski definition) is 5. The number of anilines is 1. The first kappa shape index (κ1) is 16.5. The Labute approximate surface area is 120 Å². The van der Waals surface area contributed by atoms with E-state index in [2.05, 4.69) is 42.7 Å². The van der Waals surface area contributed by atoms with Gasteiger partial charge in [0, 0.05) is 18.4 Å². The summed E-state index contributed by atoms with van der Waals surface area (Å²) in [5.74, 6) is 0. The van der Waals surface area contributed by atoms with Gasteiger partial charge in [-0.1, -0.05) is 25.1 Å². The van der Waals surface area contributed by atoms with Crippen molar-refractivity contribution in [2.75, 3.05) is 17.8 Å². The van der Waals surface area contributed by atoms with E-state index in [1.54, 1.807) is 0 Å². The third-order valence-corrected chi connectivity index (χ3v) is 2.45. The summed E-state index contributed by atoms with van der Waals surface area (Å²) in [7, 11) is -3.67. The Morgan fingerprint density at radius 1 is 1.25 bits per heavy atom. The fourth-order valence-corrected chi connectivity index (χ4v) is 1.67. The highest BCUT2D eigenvalue weighted by atomic mass is 32.2. The minimum Gasteiger partial charge on any atom is -0.293 e. The largest absolute Gasteiger partial charge is 0.293 e. The minimum absolute atomic E-state index is 0.715. The van der Waals surface area contributed by atoms with Crippen molar-refractivity contribution in [3.05, 3.63) is 42.2 Å². The predicted molar refractivity (Wildman–Crippen MR) is 80.3 cm³/mol. The summed E-state index contributed by atoms with van der Waals surface area (Å²) in [6, 6.07) is 10.3. The van der Waals surface area contributed by atoms with Gasteiger partial charge in [-0.2, -0.15) is 8.42 Å². The third kappa shape index (κ3) is 6.05. The maximum atomic E-state index is 9.19. The molecule has 7 heteroatoms. The van der Waals surface area contributed by atoms with E-state index in [-0.39, 0.29) is 0 Å². The van der Waals surface area contributed by atoms with Gasteiger partial charge in [0.2, 0.25) is 0 Å². The number of hydrazine groups is 2. The zero-order valence-electron chi connectivity index (χ0n) is 11.9. The van der Waals surface area contributed by atoms with Gasteiger partial charge in [0.05, 0.1) is 11.9 Å². The van der Waals surface area contributed by atoms with E-state index in [0.717, 1.165) is 18.7 Å². The highest BCUT2D eigenvalue weighted by molar-refractivity contribution is 7.85. The Kier molecular flexibility index (Phi) is 6.00. The molecule has 0 unspecified atom stereocenters. The van der Waals surface area contributed by atoms with Crippen LogP contribution in [0.25, 0.3) is 0 Å². The fraction of sp³-hybridized carbons (Fsp3) is 0.385. The molecular weight excluding hydrogens is 278 g/mol. The third-order valence-electron chi connectivity index (χ3n) is 2.45. The highest BCUT2D eigenvalue weighted by Gasteiger charge is 2.16. The van der Waals surface area contributed by atoms with E-state index in [1.807, 2.05) is 23.2 Å². The lowest BCUT2D eigenvalue weighted by Crippen LogP contribution is -2.40. The zero-order chi connectivity index (χ0) is 15.2. The molecule has 112 valence electrons. The van der Waals surface area contributed by atoms with Gasteiger partial charge < -0.3 is 0 Å². The molecule has 2 rings (SSSR count). The first-order chi connectivity index (χ1) is 9.31. The quantitative estimate of drug-likeness (QED) is 0.832. The second kappa shape index (κ2) is 7.28. The molecule has 0 spiro atoms. The Bertz CT molecular complexity index is 535. The van der Waals surface area contributed by atoms with Crippen molar-refractivity contribution >= 4 is 15.8 Å². The molecule has 1 aliphatic rings. The molecule has 0 saturated carbocycles. The van der Waals surface area contributed by atoms with E-state index in [9.17, 15) is 8.42 Å². The summed E-state index contributed by atoms with van der Waals surface area (Å²) in [6.07, 6.45) is 3.97. The van der Waals surface area contributed by atoms with E-state index >= 15 is 0 Å². The van der Waals surface area contributed by atoms with Crippen LogP contribution in [0.3, 0.4) is 0 Å².